The van der Waals surface area contributed by atoms with Crippen molar-refractivity contribution in [2.75, 3.05) is 0 Å². The Bertz CT molecular complexity index is 2790. The molecule has 7 aromatic carbocycles. The number of rotatable bonds is 2. The molecule has 0 N–H and O–H groups in total. The van der Waals surface area contributed by atoms with E-state index in [0.29, 0.717) is 5.95 Å². The summed E-state index contributed by atoms with van der Waals surface area (Å²) in [6.45, 7) is 0. The first-order valence-electron chi connectivity index (χ1n) is 14.8. The fourth-order valence-corrected chi connectivity index (χ4v) is 7.98. The quantitative estimate of drug-likeness (QED) is 0.205. The second-order valence-corrected chi connectivity index (χ2v) is 12.6. The van der Waals surface area contributed by atoms with Crippen molar-refractivity contribution in [3.8, 4) is 17.2 Å². The van der Waals surface area contributed by atoms with Crippen LogP contribution in [0.5, 0.6) is 0 Å². The minimum absolute atomic E-state index is 0.682. The second-order valence-electron chi connectivity index (χ2n) is 11.5. The molecule has 0 amide bonds. The lowest BCUT2D eigenvalue weighted by Crippen LogP contribution is -2.03. The molecule has 0 atom stereocenters. The SMILES string of the molecule is c1ccc2cc3c(cc2c1)sc1ccc(-c2nc(-n4c5ccccc5c5cc6ccccc6cc54)nc4ccccc24)cc13. The van der Waals surface area contributed by atoms with Gasteiger partial charge < -0.3 is 0 Å². The van der Waals surface area contributed by atoms with Gasteiger partial charge in [0.15, 0.2) is 0 Å². The third-order valence-electron chi connectivity index (χ3n) is 8.94. The number of aromatic nitrogens is 3. The summed E-state index contributed by atoms with van der Waals surface area (Å²) in [5.74, 6) is 0.682. The highest BCUT2D eigenvalue weighted by molar-refractivity contribution is 7.25. The number of hydrogen-bond donors (Lipinski definition) is 0. The zero-order chi connectivity index (χ0) is 28.8. The largest absolute Gasteiger partial charge is 0.278 e. The molecule has 204 valence electrons. The van der Waals surface area contributed by atoms with E-state index in [4.69, 9.17) is 9.97 Å². The molecule has 0 aliphatic carbocycles. The van der Waals surface area contributed by atoms with Crippen LogP contribution in [0.3, 0.4) is 0 Å². The van der Waals surface area contributed by atoms with Crippen LogP contribution >= 0.6 is 11.3 Å². The Morgan fingerprint density at radius 3 is 1.89 bits per heavy atom. The predicted octanol–water partition coefficient (Wildman–Crippen LogP) is 11.1. The summed E-state index contributed by atoms with van der Waals surface area (Å²) in [7, 11) is 0. The van der Waals surface area contributed by atoms with E-state index in [1.807, 2.05) is 11.3 Å². The minimum Gasteiger partial charge on any atom is -0.278 e. The molecule has 3 heterocycles. The maximum absolute atomic E-state index is 5.37. The number of fused-ring (bicyclic) bond motifs is 9. The third kappa shape index (κ3) is 3.43. The van der Waals surface area contributed by atoms with Crippen molar-refractivity contribution in [1.29, 1.82) is 0 Å². The average Bonchev–Trinajstić information content (AvgIpc) is 3.59. The van der Waals surface area contributed by atoms with E-state index in [1.165, 1.54) is 52.5 Å². The highest BCUT2D eigenvalue weighted by Gasteiger charge is 2.18. The smallest absolute Gasteiger partial charge is 0.235 e. The number of nitrogens with zero attached hydrogens (tertiary/aromatic N) is 3. The first-order valence-corrected chi connectivity index (χ1v) is 15.6. The Morgan fingerprint density at radius 2 is 1.07 bits per heavy atom. The van der Waals surface area contributed by atoms with Gasteiger partial charge in [-0.1, -0.05) is 91.0 Å². The Hall–Kier alpha value is -5.58. The molecule has 0 radical (unpaired) electrons. The summed E-state index contributed by atoms with van der Waals surface area (Å²) in [5, 5.41) is 11.0. The lowest BCUT2D eigenvalue weighted by Gasteiger charge is -2.12. The van der Waals surface area contributed by atoms with E-state index in [9.17, 15) is 0 Å². The maximum atomic E-state index is 5.37. The van der Waals surface area contributed by atoms with Crippen LogP contribution in [0.2, 0.25) is 0 Å². The first kappa shape index (κ1) is 23.9. The lowest BCUT2D eigenvalue weighted by molar-refractivity contribution is 1.01. The van der Waals surface area contributed by atoms with Crippen LogP contribution < -0.4 is 0 Å². The Kier molecular flexibility index (Phi) is 4.87. The van der Waals surface area contributed by atoms with E-state index in [0.717, 1.165) is 33.2 Å². The Balaban J connectivity index is 1.27. The summed E-state index contributed by atoms with van der Waals surface area (Å²) in [6, 6.07) is 50.1. The molecule has 0 bridgehead atoms. The predicted molar refractivity (Wildman–Crippen MR) is 187 cm³/mol. The zero-order valence-corrected chi connectivity index (χ0v) is 24.3. The van der Waals surface area contributed by atoms with Gasteiger partial charge in [0.05, 0.1) is 22.2 Å². The molecule has 3 nitrogen and oxygen atoms in total. The van der Waals surface area contributed by atoms with E-state index in [-0.39, 0.29) is 0 Å². The first-order chi connectivity index (χ1) is 21.8. The fourth-order valence-electron chi connectivity index (χ4n) is 6.86. The summed E-state index contributed by atoms with van der Waals surface area (Å²) in [6.07, 6.45) is 0. The van der Waals surface area contributed by atoms with Gasteiger partial charge in [-0.05, 0) is 70.1 Å². The van der Waals surface area contributed by atoms with Crippen LogP contribution in [0.4, 0.5) is 0 Å². The van der Waals surface area contributed by atoms with E-state index in [2.05, 4.69) is 144 Å². The van der Waals surface area contributed by atoms with Crippen LogP contribution in [-0.4, -0.2) is 14.5 Å². The molecule has 10 rings (SSSR count). The topological polar surface area (TPSA) is 30.7 Å². The standard InChI is InChI=1S/C40H23N3S/c1-3-11-26-22-36-31(19-24(26)9-1)29-13-6-8-16-35(29)43(36)40-41-34-15-7-5-14-30(34)39(42-40)28-17-18-37-32(21-28)33-20-25-10-2-4-12-27(25)23-38(33)44-37/h1-23H. The van der Waals surface area contributed by atoms with Crippen LogP contribution in [0.15, 0.2) is 140 Å². The van der Waals surface area contributed by atoms with Gasteiger partial charge in [0, 0.05) is 41.9 Å². The third-order valence-corrected chi connectivity index (χ3v) is 10.1. The highest BCUT2D eigenvalue weighted by atomic mass is 32.1. The maximum Gasteiger partial charge on any atom is 0.235 e. The van der Waals surface area contributed by atoms with Gasteiger partial charge in [0.2, 0.25) is 5.95 Å². The van der Waals surface area contributed by atoms with Gasteiger partial charge in [0.25, 0.3) is 0 Å². The summed E-state index contributed by atoms with van der Waals surface area (Å²) in [5.41, 5.74) is 5.18. The van der Waals surface area contributed by atoms with Gasteiger partial charge in [-0.25, -0.2) is 9.97 Å². The van der Waals surface area contributed by atoms with Crippen molar-refractivity contribution >= 4 is 85.8 Å². The summed E-state index contributed by atoms with van der Waals surface area (Å²) >= 11 is 1.85. The van der Waals surface area contributed by atoms with Crippen molar-refractivity contribution in [2.45, 2.75) is 0 Å². The monoisotopic (exact) mass is 577 g/mol. The molecule has 44 heavy (non-hydrogen) atoms. The van der Waals surface area contributed by atoms with Gasteiger partial charge in [-0.3, -0.25) is 4.57 Å². The van der Waals surface area contributed by atoms with Crippen LogP contribution in [0.25, 0.3) is 91.6 Å². The van der Waals surface area contributed by atoms with Gasteiger partial charge in [-0.15, -0.1) is 11.3 Å². The number of benzene rings is 7. The number of hydrogen-bond acceptors (Lipinski definition) is 3. The van der Waals surface area contributed by atoms with Crippen LogP contribution in [0, 0.1) is 0 Å². The average molecular weight is 578 g/mol. The van der Waals surface area contributed by atoms with Crippen molar-refractivity contribution in [3.05, 3.63) is 140 Å². The molecule has 0 aliphatic heterocycles. The molecule has 0 aliphatic rings. The van der Waals surface area contributed by atoms with E-state index in [1.54, 1.807) is 0 Å². The second kappa shape index (κ2) is 8.96. The van der Waals surface area contributed by atoms with Gasteiger partial charge in [0.1, 0.15) is 0 Å². The molecule has 4 heteroatoms. The van der Waals surface area contributed by atoms with E-state index < -0.39 is 0 Å². The molecule has 0 saturated heterocycles. The summed E-state index contributed by atoms with van der Waals surface area (Å²) < 4.78 is 4.83. The van der Waals surface area contributed by atoms with Crippen LogP contribution in [0.1, 0.15) is 0 Å². The molecular formula is C40H23N3S. The molecule has 0 unspecified atom stereocenters. The van der Waals surface area contributed by atoms with Crippen LogP contribution in [-0.2, 0) is 0 Å². The molecular weight excluding hydrogens is 555 g/mol. The Morgan fingerprint density at radius 1 is 0.432 bits per heavy atom. The normalized spacial score (nSPS) is 12.1. The molecule has 0 fully saturated rings. The molecule has 0 spiro atoms. The molecule has 3 aromatic heterocycles. The zero-order valence-electron chi connectivity index (χ0n) is 23.5. The fraction of sp³-hybridized carbons (Fsp3) is 0. The summed E-state index contributed by atoms with van der Waals surface area (Å²) in [4.78, 5) is 10.5. The number of thiophene rings is 1. The van der Waals surface area contributed by atoms with Crippen molar-refractivity contribution in [1.82, 2.24) is 14.5 Å². The van der Waals surface area contributed by atoms with Crippen molar-refractivity contribution in [2.24, 2.45) is 0 Å². The van der Waals surface area contributed by atoms with Crippen molar-refractivity contribution < 1.29 is 0 Å². The molecule has 10 aromatic rings. The van der Waals surface area contributed by atoms with Crippen molar-refractivity contribution in [3.63, 3.8) is 0 Å². The van der Waals surface area contributed by atoms with Gasteiger partial charge >= 0.3 is 0 Å². The van der Waals surface area contributed by atoms with E-state index >= 15 is 0 Å². The highest BCUT2D eigenvalue weighted by Crippen LogP contribution is 2.40. The number of para-hydroxylation sites is 2. The minimum atomic E-state index is 0.682. The molecule has 0 saturated carbocycles. The lowest BCUT2D eigenvalue weighted by atomic mass is 10.0. The Labute approximate surface area is 256 Å². The van der Waals surface area contributed by atoms with Gasteiger partial charge in [-0.2, -0.15) is 0 Å².